The maximum atomic E-state index is 12.3. The van der Waals surface area contributed by atoms with Crippen LogP contribution in [0.4, 0.5) is 0 Å². The molecule has 2 aromatic heterocycles. The lowest BCUT2D eigenvalue weighted by molar-refractivity contribution is 0.161. The number of rotatable bonds is 6. The second-order valence-corrected chi connectivity index (χ2v) is 8.16. The van der Waals surface area contributed by atoms with Gasteiger partial charge in [0.1, 0.15) is 5.82 Å². The molecular weight excluding hydrogens is 326 g/mol. The quantitative estimate of drug-likeness (QED) is 0.799. The van der Waals surface area contributed by atoms with E-state index in [9.17, 15) is 4.79 Å². The predicted molar refractivity (Wildman–Crippen MR) is 101 cm³/mol. The Morgan fingerprint density at radius 1 is 1.15 bits per heavy atom. The lowest BCUT2D eigenvalue weighted by atomic mass is 9.96. The number of hydrogen-bond donors (Lipinski definition) is 0. The zero-order valence-electron chi connectivity index (χ0n) is 15.8. The first-order valence-electron chi connectivity index (χ1n) is 9.90. The van der Waals surface area contributed by atoms with Gasteiger partial charge in [-0.15, -0.1) is 0 Å². The summed E-state index contributed by atoms with van der Waals surface area (Å²) in [5.41, 5.74) is 0.963. The van der Waals surface area contributed by atoms with E-state index in [4.69, 9.17) is 0 Å². The van der Waals surface area contributed by atoms with Crippen LogP contribution in [-0.4, -0.2) is 37.1 Å². The SMILES string of the molecule is CC(C)c1cc(=O)n(CC2CCN(Cc3nccn3C3CC3)CC2)cn1. The summed E-state index contributed by atoms with van der Waals surface area (Å²) in [5.74, 6) is 2.05. The Balaban J connectivity index is 1.31. The summed E-state index contributed by atoms with van der Waals surface area (Å²) in [4.78, 5) is 23.8. The zero-order chi connectivity index (χ0) is 18.1. The summed E-state index contributed by atoms with van der Waals surface area (Å²) >= 11 is 0. The zero-order valence-corrected chi connectivity index (χ0v) is 15.8. The third-order valence-corrected chi connectivity index (χ3v) is 5.71. The molecule has 0 bridgehead atoms. The van der Waals surface area contributed by atoms with Crippen LogP contribution in [0, 0.1) is 5.92 Å². The van der Waals surface area contributed by atoms with E-state index in [1.165, 1.54) is 18.7 Å². The molecule has 0 atom stereocenters. The molecule has 1 saturated carbocycles. The van der Waals surface area contributed by atoms with Gasteiger partial charge in [0.15, 0.2) is 0 Å². The first-order chi connectivity index (χ1) is 12.6. The molecule has 0 spiro atoms. The molecule has 2 fully saturated rings. The van der Waals surface area contributed by atoms with Gasteiger partial charge < -0.3 is 4.57 Å². The van der Waals surface area contributed by atoms with Crippen LogP contribution in [0.3, 0.4) is 0 Å². The number of nitrogens with zero attached hydrogens (tertiary/aromatic N) is 5. The highest BCUT2D eigenvalue weighted by Crippen LogP contribution is 2.35. The van der Waals surface area contributed by atoms with Crippen molar-refractivity contribution < 1.29 is 0 Å². The van der Waals surface area contributed by atoms with Crippen molar-refractivity contribution in [2.24, 2.45) is 5.92 Å². The number of piperidine rings is 1. The van der Waals surface area contributed by atoms with E-state index < -0.39 is 0 Å². The molecule has 1 aliphatic heterocycles. The molecule has 3 heterocycles. The first kappa shape index (κ1) is 17.5. The van der Waals surface area contributed by atoms with E-state index in [-0.39, 0.29) is 5.56 Å². The Bertz CT molecular complexity index is 797. The van der Waals surface area contributed by atoms with Crippen LogP contribution in [0.25, 0.3) is 0 Å². The molecule has 4 rings (SSSR count). The highest BCUT2D eigenvalue weighted by molar-refractivity contribution is 5.04. The monoisotopic (exact) mass is 355 g/mol. The molecule has 140 valence electrons. The molecule has 26 heavy (non-hydrogen) atoms. The largest absolute Gasteiger partial charge is 0.331 e. The van der Waals surface area contributed by atoms with Crippen molar-refractivity contribution in [1.82, 2.24) is 24.0 Å². The van der Waals surface area contributed by atoms with Crippen molar-refractivity contribution in [1.29, 1.82) is 0 Å². The fraction of sp³-hybridized carbons (Fsp3) is 0.650. The highest BCUT2D eigenvalue weighted by Gasteiger charge is 2.27. The summed E-state index contributed by atoms with van der Waals surface area (Å²) in [6, 6.07) is 2.38. The minimum atomic E-state index is 0.0811. The smallest absolute Gasteiger partial charge is 0.253 e. The molecule has 0 unspecified atom stereocenters. The van der Waals surface area contributed by atoms with Crippen LogP contribution in [0.5, 0.6) is 0 Å². The predicted octanol–water partition coefficient (Wildman–Crippen LogP) is 2.81. The summed E-state index contributed by atoms with van der Waals surface area (Å²) in [5, 5.41) is 0. The maximum absolute atomic E-state index is 12.3. The van der Waals surface area contributed by atoms with Gasteiger partial charge in [-0.05, 0) is 50.6 Å². The van der Waals surface area contributed by atoms with Crippen molar-refractivity contribution in [3.8, 4) is 0 Å². The normalized spacial score (nSPS) is 19.3. The van der Waals surface area contributed by atoms with Gasteiger partial charge >= 0.3 is 0 Å². The van der Waals surface area contributed by atoms with Crippen LogP contribution in [0.15, 0.2) is 29.6 Å². The third-order valence-electron chi connectivity index (χ3n) is 5.71. The molecule has 2 aromatic rings. The number of imidazole rings is 1. The third kappa shape index (κ3) is 3.90. The summed E-state index contributed by atoms with van der Waals surface area (Å²) in [6.07, 6.45) is 10.6. The molecule has 6 nitrogen and oxygen atoms in total. The van der Waals surface area contributed by atoms with Crippen molar-refractivity contribution in [2.45, 2.75) is 64.6 Å². The van der Waals surface area contributed by atoms with Crippen LogP contribution < -0.4 is 5.56 Å². The molecule has 0 radical (unpaired) electrons. The summed E-state index contributed by atoms with van der Waals surface area (Å²) < 4.78 is 4.14. The van der Waals surface area contributed by atoms with Gasteiger partial charge in [0, 0.05) is 31.0 Å². The van der Waals surface area contributed by atoms with Crippen LogP contribution in [-0.2, 0) is 13.1 Å². The fourth-order valence-corrected chi connectivity index (χ4v) is 3.85. The van der Waals surface area contributed by atoms with Gasteiger partial charge in [0.05, 0.1) is 18.6 Å². The molecular formula is C20H29N5O. The lowest BCUT2D eigenvalue weighted by Gasteiger charge is -2.32. The van der Waals surface area contributed by atoms with E-state index in [1.807, 2.05) is 6.20 Å². The Morgan fingerprint density at radius 3 is 2.58 bits per heavy atom. The Kier molecular flexibility index (Phi) is 4.94. The summed E-state index contributed by atoms with van der Waals surface area (Å²) in [6.45, 7) is 8.02. The van der Waals surface area contributed by atoms with E-state index in [0.29, 0.717) is 17.9 Å². The molecule has 1 saturated heterocycles. The minimum absolute atomic E-state index is 0.0811. The van der Waals surface area contributed by atoms with E-state index in [1.54, 1.807) is 17.0 Å². The Labute approximate surface area is 154 Å². The molecule has 2 aliphatic rings. The van der Waals surface area contributed by atoms with Gasteiger partial charge in [-0.1, -0.05) is 13.8 Å². The number of likely N-dealkylation sites (tertiary alicyclic amines) is 1. The first-order valence-corrected chi connectivity index (χ1v) is 9.90. The Hall–Kier alpha value is -1.95. The molecule has 0 amide bonds. The second kappa shape index (κ2) is 7.35. The van der Waals surface area contributed by atoms with Gasteiger partial charge in [-0.25, -0.2) is 9.97 Å². The van der Waals surface area contributed by atoms with Crippen LogP contribution in [0.1, 0.15) is 63.0 Å². The lowest BCUT2D eigenvalue weighted by Crippen LogP contribution is -2.36. The number of hydrogen-bond acceptors (Lipinski definition) is 4. The van der Waals surface area contributed by atoms with Crippen molar-refractivity contribution in [3.63, 3.8) is 0 Å². The fourth-order valence-electron chi connectivity index (χ4n) is 3.85. The van der Waals surface area contributed by atoms with Crippen molar-refractivity contribution in [3.05, 3.63) is 46.7 Å². The maximum Gasteiger partial charge on any atom is 0.253 e. The van der Waals surface area contributed by atoms with Gasteiger partial charge in [-0.2, -0.15) is 0 Å². The number of aromatic nitrogens is 4. The van der Waals surface area contributed by atoms with E-state index in [0.717, 1.165) is 44.7 Å². The molecule has 0 N–H and O–H groups in total. The average molecular weight is 355 g/mol. The van der Waals surface area contributed by atoms with Crippen LogP contribution >= 0.6 is 0 Å². The van der Waals surface area contributed by atoms with E-state index >= 15 is 0 Å². The average Bonchev–Trinajstić information content (AvgIpc) is 3.37. The molecule has 1 aliphatic carbocycles. The minimum Gasteiger partial charge on any atom is -0.331 e. The standard InChI is InChI=1S/C20H29N5O/c1-15(2)18-11-20(26)24(14-22-18)12-16-5-8-23(9-6-16)13-19-21-7-10-25(19)17-3-4-17/h7,10-11,14-17H,3-6,8-9,12-13H2,1-2H3. The van der Waals surface area contributed by atoms with Gasteiger partial charge in [0.25, 0.3) is 5.56 Å². The van der Waals surface area contributed by atoms with Crippen LogP contribution in [0.2, 0.25) is 0 Å². The topological polar surface area (TPSA) is 56.0 Å². The van der Waals surface area contributed by atoms with Gasteiger partial charge in [-0.3, -0.25) is 14.3 Å². The van der Waals surface area contributed by atoms with Gasteiger partial charge in [0.2, 0.25) is 0 Å². The molecule has 6 heteroatoms. The van der Waals surface area contributed by atoms with Crippen molar-refractivity contribution >= 4 is 0 Å². The Morgan fingerprint density at radius 2 is 1.92 bits per heavy atom. The highest BCUT2D eigenvalue weighted by atomic mass is 16.1. The molecule has 0 aromatic carbocycles. The second-order valence-electron chi connectivity index (χ2n) is 8.16. The summed E-state index contributed by atoms with van der Waals surface area (Å²) in [7, 11) is 0. The van der Waals surface area contributed by atoms with E-state index in [2.05, 4.69) is 39.5 Å². The van der Waals surface area contributed by atoms with Crippen molar-refractivity contribution in [2.75, 3.05) is 13.1 Å².